The van der Waals surface area contributed by atoms with Gasteiger partial charge in [-0.2, -0.15) is 0 Å². The minimum absolute atomic E-state index is 0.0510. The van der Waals surface area contributed by atoms with Crippen molar-refractivity contribution in [2.45, 2.75) is 6.42 Å². The van der Waals surface area contributed by atoms with Crippen molar-refractivity contribution in [3.63, 3.8) is 0 Å². The zero-order valence-corrected chi connectivity index (χ0v) is 10.4. The van der Waals surface area contributed by atoms with E-state index in [1.165, 1.54) is 0 Å². The molecule has 0 fully saturated rings. The Balaban J connectivity index is 2.30. The Bertz CT molecular complexity index is 577. The average Bonchev–Trinajstić information content (AvgIpc) is 2.38. The number of benzene rings is 2. The van der Waals surface area contributed by atoms with Crippen molar-refractivity contribution in [1.82, 2.24) is 5.32 Å². The SMILES string of the molecule is CNC(=S)CC(=O)c1ccc2ccccc2c1. The summed E-state index contributed by atoms with van der Waals surface area (Å²) in [6.07, 6.45) is 0.268. The number of rotatable bonds is 3. The van der Waals surface area contributed by atoms with E-state index in [0.29, 0.717) is 10.6 Å². The van der Waals surface area contributed by atoms with E-state index in [4.69, 9.17) is 12.2 Å². The number of thiocarbonyl (C=S) groups is 1. The molecule has 1 N–H and O–H groups in total. The zero-order valence-electron chi connectivity index (χ0n) is 9.57. The molecule has 0 saturated carbocycles. The molecule has 0 amide bonds. The van der Waals surface area contributed by atoms with Crippen LogP contribution in [0.3, 0.4) is 0 Å². The number of hydrogen-bond acceptors (Lipinski definition) is 2. The maximum absolute atomic E-state index is 11.9. The van der Waals surface area contributed by atoms with E-state index in [2.05, 4.69) is 5.32 Å². The molecule has 17 heavy (non-hydrogen) atoms. The Morgan fingerprint density at radius 1 is 1.18 bits per heavy atom. The third kappa shape index (κ3) is 2.68. The summed E-state index contributed by atoms with van der Waals surface area (Å²) in [4.78, 5) is 12.5. The first-order chi connectivity index (χ1) is 8.20. The van der Waals surface area contributed by atoms with Gasteiger partial charge in [-0.15, -0.1) is 0 Å². The molecule has 0 bridgehead atoms. The molecular weight excluding hydrogens is 230 g/mol. The van der Waals surface area contributed by atoms with E-state index in [1.807, 2.05) is 42.5 Å². The topological polar surface area (TPSA) is 29.1 Å². The molecule has 0 radical (unpaired) electrons. The molecule has 0 atom stereocenters. The van der Waals surface area contributed by atoms with Gasteiger partial charge in [-0.05, 0) is 16.8 Å². The Hall–Kier alpha value is -1.74. The summed E-state index contributed by atoms with van der Waals surface area (Å²) in [6.45, 7) is 0. The molecule has 2 rings (SSSR count). The molecular formula is C14H13NOS. The van der Waals surface area contributed by atoms with Crippen LogP contribution in [0, 0.1) is 0 Å². The molecule has 2 aromatic carbocycles. The summed E-state index contributed by atoms with van der Waals surface area (Å²) in [6, 6.07) is 13.7. The van der Waals surface area contributed by atoms with E-state index in [-0.39, 0.29) is 12.2 Å². The van der Waals surface area contributed by atoms with Gasteiger partial charge in [-0.25, -0.2) is 0 Å². The van der Waals surface area contributed by atoms with Crippen LogP contribution in [-0.4, -0.2) is 17.8 Å². The van der Waals surface area contributed by atoms with Gasteiger partial charge in [0.15, 0.2) is 5.78 Å². The Kier molecular flexibility index (Phi) is 3.49. The molecule has 3 heteroatoms. The molecule has 0 aliphatic carbocycles. The van der Waals surface area contributed by atoms with Gasteiger partial charge in [0.05, 0.1) is 11.4 Å². The van der Waals surface area contributed by atoms with Crippen LogP contribution in [0.15, 0.2) is 42.5 Å². The number of nitrogens with one attached hydrogen (secondary N) is 1. The van der Waals surface area contributed by atoms with Gasteiger partial charge in [0.2, 0.25) is 0 Å². The van der Waals surface area contributed by atoms with Crippen LogP contribution in [0.4, 0.5) is 0 Å². The summed E-state index contributed by atoms with van der Waals surface area (Å²) in [5.41, 5.74) is 0.710. The van der Waals surface area contributed by atoms with Crippen molar-refractivity contribution >= 4 is 33.8 Å². The van der Waals surface area contributed by atoms with E-state index in [0.717, 1.165) is 10.8 Å². The maximum Gasteiger partial charge on any atom is 0.169 e. The van der Waals surface area contributed by atoms with Crippen LogP contribution in [0.25, 0.3) is 10.8 Å². The van der Waals surface area contributed by atoms with E-state index in [1.54, 1.807) is 7.05 Å². The number of carbonyl (C=O) groups is 1. The second-order valence-corrected chi connectivity index (χ2v) is 4.33. The lowest BCUT2D eigenvalue weighted by molar-refractivity contribution is 0.100. The molecule has 0 aromatic heterocycles. The van der Waals surface area contributed by atoms with Gasteiger partial charge in [0.1, 0.15) is 0 Å². The van der Waals surface area contributed by atoms with Crippen molar-refractivity contribution in [3.8, 4) is 0 Å². The number of ketones is 1. The van der Waals surface area contributed by atoms with Crippen molar-refractivity contribution < 1.29 is 4.79 Å². The normalized spacial score (nSPS) is 10.2. The van der Waals surface area contributed by atoms with E-state index >= 15 is 0 Å². The molecule has 2 aromatic rings. The molecule has 0 saturated heterocycles. The highest BCUT2D eigenvalue weighted by molar-refractivity contribution is 7.80. The molecule has 0 heterocycles. The largest absolute Gasteiger partial charge is 0.382 e. The number of hydrogen-bond donors (Lipinski definition) is 1. The van der Waals surface area contributed by atoms with Crippen LogP contribution in [0.2, 0.25) is 0 Å². The number of Topliss-reactive ketones (excluding diaryl/α,β-unsaturated/α-hetero) is 1. The first-order valence-electron chi connectivity index (χ1n) is 5.43. The molecule has 0 spiro atoms. The second-order valence-electron chi connectivity index (χ2n) is 3.84. The summed E-state index contributed by atoms with van der Waals surface area (Å²) >= 11 is 5.00. The van der Waals surface area contributed by atoms with Gasteiger partial charge in [0, 0.05) is 12.6 Å². The van der Waals surface area contributed by atoms with Gasteiger partial charge < -0.3 is 5.32 Å². The highest BCUT2D eigenvalue weighted by Gasteiger charge is 2.08. The first kappa shape index (κ1) is 11.7. The molecule has 0 aliphatic heterocycles. The van der Waals surface area contributed by atoms with Crippen molar-refractivity contribution in [3.05, 3.63) is 48.0 Å². The minimum atomic E-state index is 0.0510. The predicted molar refractivity (Wildman–Crippen MR) is 74.6 cm³/mol. The second kappa shape index (κ2) is 5.06. The number of carbonyl (C=O) groups excluding carboxylic acids is 1. The van der Waals surface area contributed by atoms with Gasteiger partial charge in [0.25, 0.3) is 0 Å². The summed E-state index contributed by atoms with van der Waals surface area (Å²) in [7, 11) is 1.73. The molecule has 0 unspecified atom stereocenters. The fourth-order valence-corrected chi connectivity index (χ4v) is 1.83. The van der Waals surface area contributed by atoms with Crippen LogP contribution in [-0.2, 0) is 0 Å². The predicted octanol–water partition coefficient (Wildman–Crippen LogP) is 2.96. The highest BCUT2D eigenvalue weighted by atomic mass is 32.1. The van der Waals surface area contributed by atoms with Gasteiger partial charge in [-0.3, -0.25) is 4.79 Å². The lowest BCUT2D eigenvalue weighted by atomic mass is 10.0. The van der Waals surface area contributed by atoms with E-state index in [9.17, 15) is 4.79 Å². The third-order valence-electron chi connectivity index (χ3n) is 2.67. The lowest BCUT2D eigenvalue weighted by Crippen LogP contribution is -2.19. The molecule has 2 nitrogen and oxygen atoms in total. The standard InChI is InChI=1S/C14H13NOS/c1-15-14(17)9-13(16)12-7-6-10-4-2-3-5-11(10)8-12/h2-8H,9H2,1H3,(H,15,17). The van der Waals surface area contributed by atoms with Crippen molar-refractivity contribution in [1.29, 1.82) is 0 Å². The lowest BCUT2D eigenvalue weighted by Gasteiger charge is -2.04. The Labute approximate surface area is 106 Å². The van der Waals surface area contributed by atoms with Crippen LogP contribution in [0.1, 0.15) is 16.8 Å². The first-order valence-corrected chi connectivity index (χ1v) is 5.84. The third-order valence-corrected chi connectivity index (χ3v) is 3.02. The Morgan fingerprint density at radius 2 is 1.88 bits per heavy atom. The average molecular weight is 243 g/mol. The summed E-state index contributed by atoms with van der Waals surface area (Å²) < 4.78 is 0. The van der Waals surface area contributed by atoms with E-state index < -0.39 is 0 Å². The van der Waals surface area contributed by atoms with Crippen molar-refractivity contribution in [2.24, 2.45) is 0 Å². The monoisotopic (exact) mass is 243 g/mol. The zero-order chi connectivity index (χ0) is 12.3. The van der Waals surface area contributed by atoms with Crippen LogP contribution in [0.5, 0.6) is 0 Å². The smallest absolute Gasteiger partial charge is 0.169 e. The van der Waals surface area contributed by atoms with Crippen LogP contribution < -0.4 is 5.32 Å². The van der Waals surface area contributed by atoms with Gasteiger partial charge in [-0.1, -0.05) is 48.6 Å². The molecule has 86 valence electrons. The fourth-order valence-electron chi connectivity index (χ4n) is 1.70. The van der Waals surface area contributed by atoms with Gasteiger partial charge >= 0.3 is 0 Å². The van der Waals surface area contributed by atoms with Crippen LogP contribution >= 0.6 is 12.2 Å². The highest BCUT2D eigenvalue weighted by Crippen LogP contribution is 2.16. The fraction of sp³-hybridized carbons (Fsp3) is 0.143. The number of fused-ring (bicyclic) bond motifs is 1. The van der Waals surface area contributed by atoms with Crippen molar-refractivity contribution in [2.75, 3.05) is 7.05 Å². The summed E-state index contributed by atoms with van der Waals surface area (Å²) in [5.74, 6) is 0.0510. The maximum atomic E-state index is 11.9. The minimum Gasteiger partial charge on any atom is -0.382 e. The molecule has 0 aliphatic rings. The quantitative estimate of drug-likeness (QED) is 0.664. The Morgan fingerprint density at radius 3 is 2.59 bits per heavy atom. The summed E-state index contributed by atoms with van der Waals surface area (Å²) in [5, 5.41) is 5.03.